The zero-order valence-electron chi connectivity index (χ0n) is 23.2. The first-order valence-electron chi connectivity index (χ1n) is 13.7. The molecule has 1 aromatic heterocycles. The summed E-state index contributed by atoms with van der Waals surface area (Å²) in [5.74, 6) is 0.195. The fourth-order valence-electron chi connectivity index (χ4n) is 5.03. The Balaban J connectivity index is 1.85. The fourth-order valence-corrected chi connectivity index (χ4v) is 5.03. The second-order valence-electron chi connectivity index (χ2n) is 10.5. The third kappa shape index (κ3) is 7.43. The van der Waals surface area contributed by atoms with Gasteiger partial charge in [0.15, 0.2) is 5.75 Å². The average molecular weight is 592 g/mol. The molecular formula is C30H31F6N5O. The Labute approximate surface area is 240 Å². The van der Waals surface area contributed by atoms with Gasteiger partial charge in [-0.2, -0.15) is 31.6 Å². The van der Waals surface area contributed by atoms with Crippen LogP contribution in [0.5, 0.6) is 5.75 Å². The first-order valence-corrected chi connectivity index (χ1v) is 13.7. The summed E-state index contributed by atoms with van der Waals surface area (Å²) in [6, 6.07) is 7.14. The molecule has 0 unspecified atom stereocenters. The highest BCUT2D eigenvalue weighted by molar-refractivity contribution is 5.58. The molecule has 1 N–H and O–H groups in total. The second kappa shape index (κ2) is 12.5. The van der Waals surface area contributed by atoms with Crippen molar-refractivity contribution in [2.75, 3.05) is 22.9 Å². The molecule has 42 heavy (non-hydrogen) atoms. The molecule has 0 amide bonds. The van der Waals surface area contributed by atoms with Crippen molar-refractivity contribution in [3.8, 4) is 11.8 Å². The molecule has 1 saturated carbocycles. The third-order valence-corrected chi connectivity index (χ3v) is 7.19. The molecular weight excluding hydrogens is 560 g/mol. The van der Waals surface area contributed by atoms with Gasteiger partial charge in [-0.1, -0.05) is 13.8 Å². The van der Waals surface area contributed by atoms with E-state index in [-0.39, 0.29) is 42.3 Å². The Kier molecular flexibility index (Phi) is 9.18. The van der Waals surface area contributed by atoms with Crippen molar-refractivity contribution in [1.82, 2.24) is 9.97 Å². The van der Waals surface area contributed by atoms with Gasteiger partial charge in [0, 0.05) is 31.9 Å². The summed E-state index contributed by atoms with van der Waals surface area (Å²) in [5.41, 5.74) is -0.518. The van der Waals surface area contributed by atoms with Crippen LogP contribution in [0.4, 0.5) is 38.0 Å². The van der Waals surface area contributed by atoms with E-state index in [1.807, 2.05) is 13.0 Å². The molecule has 6 nitrogen and oxygen atoms in total. The number of nitrogens with zero attached hydrogens (tertiary/aromatic N) is 5. The van der Waals surface area contributed by atoms with Crippen molar-refractivity contribution in [3.63, 3.8) is 0 Å². The average Bonchev–Trinajstić information content (AvgIpc) is 3.75. The van der Waals surface area contributed by atoms with E-state index in [4.69, 9.17) is 0 Å². The number of hydrogen-bond acceptors (Lipinski definition) is 6. The highest BCUT2D eigenvalue weighted by Gasteiger charge is 2.34. The molecule has 0 saturated heterocycles. The van der Waals surface area contributed by atoms with Gasteiger partial charge < -0.3 is 14.9 Å². The standard InChI is InChI=1S/C30H31F6N5O/c1-3-9-40(16-19-5-6-19)27-8-7-23(29(31,32)33)12-22(27)18-41(28-38-14-25(42)15-39-28)17-21-11-24(30(34,35)36)10-20(13-37)26(21)4-2/h7-8,10-12,14-15,19,42H,3-6,9,16-18H2,1-2H3. The van der Waals surface area contributed by atoms with Gasteiger partial charge in [-0.3, -0.25) is 0 Å². The summed E-state index contributed by atoms with van der Waals surface area (Å²) in [5, 5.41) is 19.4. The number of nitriles is 1. The van der Waals surface area contributed by atoms with Gasteiger partial charge in [0.1, 0.15) is 0 Å². The van der Waals surface area contributed by atoms with Crippen LogP contribution in [0.3, 0.4) is 0 Å². The molecule has 1 heterocycles. The van der Waals surface area contributed by atoms with Crippen molar-refractivity contribution in [2.24, 2.45) is 5.92 Å². The third-order valence-electron chi connectivity index (χ3n) is 7.19. The molecule has 12 heteroatoms. The number of halogens is 6. The molecule has 224 valence electrons. The monoisotopic (exact) mass is 591 g/mol. The molecule has 1 aliphatic carbocycles. The quantitative estimate of drug-likeness (QED) is 0.233. The lowest BCUT2D eigenvalue weighted by Gasteiger charge is -2.31. The molecule has 1 aliphatic rings. The Hall–Kier alpha value is -4.01. The van der Waals surface area contributed by atoms with E-state index >= 15 is 0 Å². The van der Waals surface area contributed by atoms with E-state index in [0.717, 1.165) is 55.9 Å². The predicted molar refractivity (Wildman–Crippen MR) is 146 cm³/mol. The Morgan fingerprint density at radius 3 is 2.07 bits per heavy atom. The first kappa shape index (κ1) is 30.9. The molecule has 0 spiro atoms. The van der Waals surface area contributed by atoms with Crippen molar-refractivity contribution in [2.45, 2.75) is 65.0 Å². The van der Waals surface area contributed by atoms with Crippen LogP contribution in [-0.2, 0) is 31.9 Å². The first-order chi connectivity index (χ1) is 19.8. The predicted octanol–water partition coefficient (Wildman–Crippen LogP) is 7.49. The molecule has 0 aliphatic heterocycles. The maximum atomic E-state index is 13.8. The van der Waals surface area contributed by atoms with Crippen LogP contribution < -0.4 is 9.80 Å². The SMILES string of the molecule is CCCN(CC1CC1)c1ccc(C(F)(F)F)cc1CN(Cc1cc(C(F)(F)F)cc(C#N)c1CC)c1ncc(O)cn1. The largest absolute Gasteiger partial charge is 0.505 e. The lowest BCUT2D eigenvalue weighted by Crippen LogP contribution is -2.30. The van der Waals surface area contributed by atoms with Crippen LogP contribution in [-0.4, -0.2) is 28.2 Å². The Morgan fingerprint density at radius 1 is 0.905 bits per heavy atom. The van der Waals surface area contributed by atoms with Crippen molar-refractivity contribution in [1.29, 1.82) is 5.26 Å². The van der Waals surface area contributed by atoms with E-state index in [1.165, 1.54) is 11.0 Å². The second-order valence-corrected chi connectivity index (χ2v) is 10.5. The maximum Gasteiger partial charge on any atom is 0.416 e. The molecule has 3 aromatic rings. The molecule has 0 radical (unpaired) electrons. The minimum atomic E-state index is -4.72. The minimum Gasteiger partial charge on any atom is -0.505 e. The van der Waals surface area contributed by atoms with E-state index in [9.17, 15) is 36.7 Å². The van der Waals surface area contributed by atoms with Gasteiger partial charge in [-0.15, -0.1) is 0 Å². The normalized spacial score (nSPS) is 13.6. The van der Waals surface area contributed by atoms with Crippen LogP contribution in [0.1, 0.15) is 66.5 Å². The number of anilines is 2. The van der Waals surface area contributed by atoms with Gasteiger partial charge in [0.05, 0.1) is 35.2 Å². The van der Waals surface area contributed by atoms with Gasteiger partial charge in [0.25, 0.3) is 0 Å². The van der Waals surface area contributed by atoms with Crippen LogP contribution in [0, 0.1) is 17.2 Å². The summed E-state index contributed by atoms with van der Waals surface area (Å²) in [6.45, 7) is 4.59. The summed E-state index contributed by atoms with van der Waals surface area (Å²) in [7, 11) is 0. The fraction of sp³-hybridized carbons (Fsp3) is 0.433. The smallest absolute Gasteiger partial charge is 0.416 e. The molecule has 1 fully saturated rings. The van der Waals surface area contributed by atoms with Crippen LogP contribution in [0.25, 0.3) is 0 Å². The van der Waals surface area contributed by atoms with Crippen LogP contribution >= 0.6 is 0 Å². The number of hydrogen-bond donors (Lipinski definition) is 1. The summed E-state index contributed by atoms with van der Waals surface area (Å²) >= 11 is 0. The van der Waals surface area contributed by atoms with Crippen molar-refractivity contribution in [3.05, 3.63) is 76.1 Å². The van der Waals surface area contributed by atoms with Gasteiger partial charge in [-0.05, 0) is 78.6 Å². The summed E-state index contributed by atoms with van der Waals surface area (Å²) < 4.78 is 82.8. The zero-order chi connectivity index (χ0) is 30.7. The zero-order valence-corrected chi connectivity index (χ0v) is 23.2. The Bertz CT molecular complexity index is 1430. The minimum absolute atomic E-state index is 0.00151. The van der Waals surface area contributed by atoms with E-state index in [2.05, 4.69) is 14.9 Å². The number of rotatable bonds is 11. The van der Waals surface area contributed by atoms with Crippen molar-refractivity contribution < 1.29 is 31.4 Å². The number of aromatic nitrogens is 2. The van der Waals surface area contributed by atoms with Crippen molar-refractivity contribution >= 4 is 11.6 Å². The van der Waals surface area contributed by atoms with Gasteiger partial charge >= 0.3 is 12.4 Å². The molecule has 0 atom stereocenters. The number of aromatic hydroxyl groups is 1. The molecule has 0 bridgehead atoms. The highest BCUT2D eigenvalue weighted by atomic mass is 19.4. The number of benzene rings is 2. The van der Waals surface area contributed by atoms with Crippen LogP contribution in [0.2, 0.25) is 0 Å². The van der Waals surface area contributed by atoms with E-state index < -0.39 is 23.5 Å². The Morgan fingerprint density at radius 2 is 1.52 bits per heavy atom. The van der Waals surface area contributed by atoms with Gasteiger partial charge in [0.2, 0.25) is 5.95 Å². The lowest BCUT2D eigenvalue weighted by molar-refractivity contribution is -0.138. The topological polar surface area (TPSA) is 76.3 Å². The molecule has 2 aromatic carbocycles. The summed E-state index contributed by atoms with van der Waals surface area (Å²) in [6.07, 6.45) is -4.03. The highest BCUT2D eigenvalue weighted by Crippen LogP contribution is 2.38. The maximum absolute atomic E-state index is 13.8. The lowest BCUT2D eigenvalue weighted by atomic mass is 9.95. The number of alkyl halides is 6. The summed E-state index contributed by atoms with van der Waals surface area (Å²) in [4.78, 5) is 11.8. The van der Waals surface area contributed by atoms with Crippen LogP contribution in [0.15, 0.2) is 42.7 Å². The van der Waals surface area contributed by atoms with Gasteiger partial charge in [-0.25, -0.2) is 9.97 Å². The van der Waals surface area contributed by atoms with E-state index in [0.29, 0.717) is 35.8 Å². The van der Waals surface area contributed by atoms with E-state index in [1.54, 1.807) is 6.92 Å². The molecule has 4 rings (SSSR count).